The van der Waals surface area contributed by atoms with Crippen LogP contribution in [0.1, 0.15) is 72.1 Å². The van der Waals surface area contributed by atoms with E-state index >= 15 is 0 Å². The number of unbranched alkanes of at least 4 members (excludes halogenated alkanes) is 3. The first-order chi connectivity index (χ1) is 16.0. The van der Waals surface area contributed by atoms with Crippen molar-refractivity contribution in [3.05, 3.63) is 12.2 Å². The molecule has 2 aliphatic rings. The molecule has 0 saturated carbocycles. The van der Waals surface area contributed by atoms with E-state index in [1.54, 1.807) is 0 Å². The summed E-state index contributed by atoms with van der Waals surface area (Å²) < 4.78 is 0. The van der Waals surface area contributed by atoms with Crippen molar-refractivity contribution in [3.8, 4) is 0 Å². The van der Waals surface area contributed by atoms with Gasteiger partial charge in [-0.05, 0) is 32.6 Å². The molecule has 1 aliphatic carbocycles. The molecule has 0 aromatic carbocycles. The Hall–Kier alpha value is -1.91. The van der Waals surface area contributed by atoms with Gasteiger partial charge < -0.3 is 26.0 Å². The van der Waals surface area contributed by atoms with Crippen LogP contribution in [0.5, 0.6) is 0 Å². The van der Waals surface area contributed by atoms with Crippen molar-refractivity contribution in [1.29, 1.82) is 0 Å². The van der Waals surface area contributed by atoms with Crippen LogP contribution in [0.3, 0.4) is 0 Å². The Labute approximate surface area is 205 Å². The average Bonchev–Trinajstić information content (AvgIpc) is 2.99. The number of hydrogen-bond acceptors (Lipinski definition) is 7. The number of aliphatic carboxylic acids is 1. The Morgan fingerprint density at radius 2 is 2.00 bits per heavy atom. The summed E-state index contributed by atoms with van der Waals surface area (Å²) in [6.45, 7) is 4.65. The number of hydrogen-bond donors (Lipinski definition) is 5. The van der Waals surface area contributed by atoms with Gasteiger partial charge in [0.25, 0.3) is 0 Å². The van der Waals surface area contributed by atoms with Gasteiger partial charge in [0.15, 0.2) is 5.54 Å². The normalized spacial score (nSPS) is 30.4. The van der Waals surface area contributed by atoms with Crippen molar-refractivity contribution >= 4 is 34.7 Å². The molecule has 0 aromatic heterocycles. The van der Waals surface area contributed by atoms with Gasteiger partial charge in [-0.15, -0.1) is 0 Å². The fraction of sp³-hybridized carbons (Fsp3) is 0.750. The van der Waals surface area contributed by atoms with Crippen molar-refractivity contribution in [2.75, 3.05) is 5.75 Å². The first-order valence-electron chi connectivity index (χ1n) is 12.0. The molecule has 0 bridgehead atoms. The highest BCUT2D eigenvalue weighted by Crippen LogP contribution is 2.46. The van der Waals surface area contributed by atoms with Crippen LogP contribution in [0.4, 0.5) is 0 Å². The maximum atomic E-state index is 13.6. The molecule has 0 aromatic rings. The minimum atomic E-state index is -2.00. The largest absolute Gasteiger partial charge is 0.480 e. The van der Waals surface area contributed by atoms with E-state index in [1.807, 2.05) is 12.2 Å². The molecule has 1 saturated heterocycles. The molecule has 10 heteroatoms. The van der Waals surface area contributed by atoms with Crippen LogP contribution in [0, 0.1) is 11.8 Å². The molecule has 2 amide bonds. The number of nitrogens with one attached hydrogen (secondary N) is 2. The molecule has 1 fully saturated rings. The highest BCUT2D eigenvalue weighted by molar-refractivity contribution is 8.13. The summed E-state index contributed by atoms with van der Waals surface area (Å²) in [5.41, 5.74) is -3.90. The third kappa shape index (κ3) is 6.01. The monoisotopic (exact) mass is 498 g/mol. The summed E-state index contributed by atoms with van der Waals surface area (Å²) in [6.07, 6.45) is 8.52. The Morgan fingerprint density at radius 1 is 1.29 bits per heavy atom. The summed E-state index contributed by atoms with van der Waals surface area (Å²) >= 11 is 0.588. The minimum absolute atomic E-state index is 0.310. The van der Waals surface area contributed by atoms with Crippen molar-refractivity contribution in [1.82, 2.24) is 10.6 Å². The van der Waals surface area contributed by atoms with Crippen LogP contribution in [-0.4, -0.2) is 67.3 Å². The van der Waals surface area contributed by atoms with Crippen LogP contribution >= 0.6 is 11.8 Å². The van der Waals surface area contributed by atoms with E-state index in [4.69, 9.17) is 0 Å². The number of thioether (sulfide) groups is 1. The predicted octanol–water partition coefficient (Wildman–Crippen LogP) is 1.76. The molecule has 2 rings (SSSR count). The zero-order valence-electron chi connectivity index (χ0n) is 20.2. The minimum Gasteiger partial charge on any atom is -0.480 e. The lowest BCUT2D eigenvalue weighted by Gasteiger charge is -2.45. The summed E-state index contributed by atoms with van der Waals surface area (Å²) in [5, 5.41) is 36.7. The molecule has 9 nitrogen and oxygen atoms in total. The second-order valence-electron chi connectivity index (χ2n) is 9.50. The van der Waals surface area contributed by atoms with E-state index in [2.05, 4.69) is 17.6 Å². The van der Waals surface area contributed by atoms with Crippen LogP contribution in [0.15, 0.2) is 12.2 Å². The third-order valence-electron chi connectivity index (χ3n) is 6.98. The standard InChI is InChI=1S/C24H38N2O7S/c1-4-5-6-10-13-17-20(29)26-24(23(17,3)33,19(28)16-11-8-7-9-12-16)22(32)34-14-18(21(30)31)25-15(2)27/h8,11,16-19,28,33H,4-7,9-10,12-14H2,1-3H3,(H,25,27)(H,26,29)(H,30,31)/t16-,17+,18?,19+,23+,24+/m1/s1. The zero-order valence-corrected chi connectivity index (χ0v) is 21.0. The SMILES string of the molecule is CCCCCC[C@H]1C(=O)N[C@](C(=O)SCC(NC(C)=O)C(=O)O)([C@@H](O)[C@@H]2C=CCCC2)[C@@]1(C)O. The molecular weight excluding hydrogens is 460 g/mol. The highest BCUT2D eigenvalue weighted by atomic mass is 32.2. The number of aliphatic hydroxyl groups excluding tert-OH is 1. The highest BCUT2D eigenvalue weighted by Gasteiger charge is 2.68. The van der Waals surface area contributed by atoms with Gasteiger partial charge >= 0.3 is 5.97 Å². The first-order valence-corrected chi connectivity index (χ1v) is 13.0. The Balaban J connectivity index is 2.36. The van der Waals surface area contributed by atoms with Gasteiger partial charge in [0.05, 0.1) is 12.0 Å². The number of carbonyl (C=O) groups is 4. The molecule has 34 heavy (non-hydrogen) atoms. The lowest BCUT2D eigenvalue weighted by atomic mass is 9.68. The molecule has 192 valence electrons. The summed E-state index contributed by atoms with van der Waals surface area (Å²) in [4.78, 5) is 49.6. The van der Waals surface area contributed by atoms with Crippen LogP contribution in [-0.2, 0) is 19.2 Å². The average molecular weight is 499 g/mol. The van der Waals surface area contributed by atoms with Gasteiger partial charge in [0, 0.05) is 18.6 Å². The quantitative estimate of drug-likeness (QED) is 0.202. The fourth-order valence-electron chi connectivity index (χ4n) is 4.99. The van der Waals surface area contributed by atoms with Gasteiger partial charge in [-0.25, -0.2) is 4.79 Å². The Bertz CT molecular complexity index is 800. The second-order valence-corrected chi connectivity index (χ2v) is 10.5. The Morgan fingerprint density at radius 3 is 2.56 bits per heavy atom. The maximum Gasteiger partial charge on any atom is 0.327 e. The molecule has 0 radical (unpaired) electrons. The smallest absolute Gasteiger partial charge is 0.327 e. The van der Waals surface area contributed by atoms with Gasteiger partial charge in [0.2, 0.25) is 16.9 Å². The second kappa shape index (κ2) is 12.2. The van der Waals surface area contributed by atoms with Gasteiger partial charge in [-0.3, -0.25) is 14.4 Å². The number of allylic oxidation sites excluding steroid dienone is 1. The van der Waals surface area contributed by atoms with Crippen molar-refractivity contribution < 1.29 is 34.5 Å². The van der Waals surface area contributed by atoms with Crippen LogP contribution < -0.4 is 10.6 Å². The number of amides is 2. The first kappa shape index (κ1) is 28.3. The van der Waals surface area contributed by atoms with Crippen molar-refractivity contribution in [3.63, 3.8) is 0 Å². The number of carboxylic acid groups (broad SMARTS) is 1. The zero-order chi connectivity index (χ0) is 25.5. The summed E-state index contributed by atoms with van der Waals surface area (Å²) in [7, 11) is 0. The lowest BCUT2D eigenvalue weighted by Crippen LogP contribution is -2.69. The van der Waals surface area contributed by atoms with E-state index in [0.29, 0.717) is 31.0 Å². The molecule has 1 unspecified atom stereocenters. The van der Waals surface area contributed by atoms with E-state index in [-0.39, 0.29) is 5.75 Å². The van der Waals surface area contributed by atoms with E-state index in [9.17, 15) is 34.5 Å². The molecule has 6 atom stereocenters. The fourth-order valence-corrected chi connectivity index (χ4v) is 6.14. The number of carboxylic acids is 1. The Kier molecular flexibility index (Phi) is 10.1. The molecule has 0 spiro atoms. The van der Waals surface area contributed by atoms with E-state index in [1.165, 1.54) is 13.8 Å². The molecule has 1 aliphatic heterocycles. The van der Waals surface area contributed by atoms with Crippen molar-refractivity contribution in [2.45, 2.75) is 95.4 Å². The van der Waals surface area contributed by atoms with Crippen LogP contribution in [0.25, 0.3) is 0 Å². The van der Waals surface area contributed by atoms with Crippen molar-refractivity contribution in [2.24, 2.45) is 11.8 Å². The number of aliphatic hydroxyl groups is 2. The van der Waals surface area contributed by atoms with Gasteiger partial charge in [0.1, 0.15) is 11.6 Å². The van der Waals surface area contributed by atoms with E-state index in [0.717, 1.165) is 32.1 Å². The molecule has 5 N–H and O–H groups in total. The maximum absolute atomic E-state index is 13.6. The van der Waals surface area contributed by atoms with E-state index < -0.39 is 58.0 Å². The molecule has 1 heterocycles. The van der Waals surface area contributed by atoms with Crippen LogP contribution in [0.2, 0.25) is 0 Å². The molecular formula is C24H38N2O7S. The third-order valence-corrected chi connectivity index (χ3v) is 8.06. The summed E-state index contributed by atoms with van der Waals surface area (Å²) in [5.74, 6) is -4.01. The lowest BCUT2D eigenvalue weighted by molar-refractivity contribution is -0.142. The number of carbonyl (C=O) groups excluding carboxylic acids is 3. The summed E-state index contributed by atoms with van der Waals surface area (Å²) in [6, 6.07) is -1.33. The topological polar surface area (TPSA) is 153 Å². The number of rotatable bonds is 12. The predicted molar refractivity (Wildman–Crippen MR) is 129 cm³/mol. The van der Waals surface area contributed by atoms with Gasteiger partial charge in [-0.2, -0.15) is 0 Å². The van der Waals surface area contributed by atoms with Gasteiger partial charge in [-0.1, -0.05) is 56.5 Å².